The third-order valence-electron chi connectivity index (χ3n) is 5.49. The minimum Gasteiger partial charge on any atom is -0.486 e. The molecule has 1 amide bonds. The van der Waals surface area contributed by atoms with Gasteiger partial charge in [0.1, 0.15) is 13.2 Å². The summed E-state index contributed by atoms with van der Waals surface area (Å²) < 4.78 is 39.0. The molecule has 8 nitrogen and oxygen atoms in total. The number of amides is 1. The van der Waals surface area contributed by atoms with Crippen LogP contribution in [0.4, 0.5) is 5.69 Å². The van der Waals surface area contributed by atoms with E-state index in [4.69, 9.17) is 9.47 Å². The second-order valence-corrected chi connectivity index (χ2v) is 9.77. The topological polar surface area (TPSA) is 97.0 Å². The van der Waals surface area contributed by atoms with E-state index in [1.165, 1.54) is 12.1 Å². The minimum atomic E-state index is -3.83. The first-order valence-electron chi connectivity index (χ1n) is 10.9. The number of sulfonamides is 1. The van der Waals surface area contributed by atoms with Crippen molar-refractivity contribution >= 4 is 21.6 Å². The number of nitrogens with one attached hydrogen (secondary N) is 2. The van der Waals surface area contributed by atoms with Gasteiger partial charge in [0.25, 0.3) is 15.9 Å². The third kappa shape index (κ3) is 5.49. The molecule has 1 heterocycles. The molecule has 0 fully saturated rings. The van der Waals surface area contributed by atoms with Crippen molar-refractivity contribution in [3.63, 3.8) is 0 Å². The van der Waals surface area contributed by atoms with E-state index < -0.39 is 10.0 Å². The normalized spacial score (nSPS) is 13.9. The molecule has 0 radical (unpaired) electrons. The molecule has 2 N–H and O–H groups in total. The summed E-state index contributed by atoms with van der Waals surface area (Å²) in [4.78, 5) is 14.8. The van der Waals surface area contributed by atoms with Crippen LogP contribution >= 0.6 is 0 Å². The number of hydrogen-bond acceptors (Lipinski definition) is 6. The average Bonchev–Trinajstić information content (AvgIpc) is 2.84. The third-order valence-corrected chi connectivity index (χ3v) is 6.87. The Labute approximate surface area is 199 Å². The molecule has 9 heteroatoms. The van der Waals surface area contributed by atoms with E-state index in [-0.39, 0.29) is 16.8 Å². The molecular weight excluding hydrogens is 454 g/mol. The summed E-state index contributed by atoms with van der Waals surface area (Å²) in [5.74, 6) is 0.682. The molecule has 1 aliphatic rings. The Morgan fingerprint density at radius 3 is 2.29 bits per heavy atom. The highest BCUT2D eigenvalue weighted by molar-refractivity contribution is 7.92. The monoisotopic (exact) mass is 481 g/mol. The van der Waals surface area contributed by atoms with Crippen molar-refractivity contribution in [3.05, 3.63) is 83.9 Å². The van der Waals surface area contributed by atoms with Gasteiger partial charge in [-0.1, -0.05) is 30.3 Å². The smallest absolute Gasteiger partial charge is 0.262 e. The first kappa shape index (κ1) is 23.6. The Bertz CT molecular complexity index is 1250. The molecule has 1 atom stereocenters. The van der Waals surface area contributed by atoms with Gasteiger partial charge in [0, 0.05) is 23.9 Å². The highest BCUT2D eigenvalue weighted by Crippen LogP contribution is 2.32. The lowest BCUT2D eigenvalue weighted by Gasteiger charge is -2.25. The van der Waals surface area contributed by atoms with Crippen LogP contribution in [0.2, 0.25) is 0 Å². The predicted molar refractivity (Wildman–Crippen MR) is 130 cm³/mol. The van der Waals surface area contributed by atoms with Crippen LogP contribution in [0.1, 0.15) is 22.0 Å². The second-order valence-electron chi connectivity index (χ2n) is 8.09. The Morgan fingerprint density at radius 1 is 0.941 bits per heavy atom. The molecule has 0 spiro atoms. The number of rotatable bonds is 8. The van der Waals surface area contributed by atoms with E-state index in [1.807, 2.05) is 49.3 Å². The maximum atomic E-state index is 12.8. The zero-order valence-corrected chi connectivity index (χ0v) is 19.8. The molecule has 0 aromatic heterocycles. The van der Waals surface area contributed by atoms with Crippen molar-refractivity contribution in [2.75, 3.05) is 38.6 Å². The lowest BCUT2D eigenvalue weighted by atomic mass is 10.1. The summed E-state index contributed by atoms with van der Waals surface area (Å²) in [6, 6.07) is 20.8. The van der Waals surface area contributed by atoms with Crippen LogP contribution < -0.4 is 19.5 Å². The molecule has 3 aromatic rings. The molecular formula is C25H27N3O5S. The molecule has 0 saturated heterocycles. The van der Waals surface area contributed by atoms with Gasteiger partial charge in [0.2, 0.25) is 0 Å². The number of fused-ring (bicyclic) bond motifs is 1. The zero-order chi connectivity index (χ0) is 24.1. The standard InChI is InChI=1S/C25H27N3O5S/c1-28(2)22(18-6-4-3-5-7-18)17-26-25(29)19-8-10-20(11-9-19)27-34(30,31)21-12-13-23-24(16-21)33-15-14-32-23/h3-13,16,22,27H,14-15,17H2,1-2H3,(H,26,29). The van der Waals surface area contributed by atoms with Crippen molar-refractivity contribution < 1.29 is 22.7 Å². The first-order valence-corrected chi connectivity index (χ1v) is 12.3. The van der Waals surface area contributed by atoms with Crippen LogP contribution in [-0.2, 0) is 10.0 Å². The molecule has 4 rings (SSSR count). The van der Waals surface area contributed by atoms with Crippen molar-refractivity contribution in [1.29, 1.82) is 0 Å². The van der Waals surface area contributed by atoms with Crippen molar-refractivity contribution in [3.8, 4) is 11.5 Å². The van der Waals surface area contributed by atoms with Crippen molar-refractivity contribution in [2.45, 2.75) is 10.9 Å². The van der Waals surface area contributed by atoms with Crippen molar-refractivity contribution in [2.24, 2.45) is 0 Å². The number of hydrogen-bond donors (Lipinski definition) is 2. The minimum absolute atomic E-state index is 0.0298. The fourth-order valence-corrected chi connectivity index (χ4v) is 4.73. The number of carbonyl (C=O) groups excluding carboxylic acids is 1. The van der Waals surface area contributed by atoms with Crippen LogP contribution in [-0.4, -0.2) is 53.1 Å². The van der Waals surface area contributed by atoms with Gasteiger partial charge in [-0.3, -0.25) is 9.52 Å². The number of anilines is 1. The number of ether oxygens (including phenoxy) is 2. The lowest BCUT2D eigenvalue weighted by Crippen LogP contribution is -2.34. The number of carbonyl (C=O) groups is 1. The van der Waals surface area contributed by atoms with Gasteiger partial charge in [-0.15, -0.1) is 0 Å². The SMILES string of the molecule is CN(C)C(CNC(=O)c1ccc(NS(=O)(=O)c2ccc3c(c2)OCCO3)cc1)c1ccccc1. The number of benzene rings is 3. The summed E-state index contributed by atoms with van der Waals surface area (Å²) in [5.41, 5.74) is 1.89. The van der Waals surface area contributed by atoms with E-state index in [9.17, 15) is 13.2 Å². The Kier molecular flexibility index (Phi) is 7.04. The van der Waals surface area contributed by atoms with Gasteiger partial charge < -0.3 is 19.7 Å². The maximum Gasteiger partial charge on any atom is 0.262 e. The predicted octanol–water partition coefficient (Wildman–Crippen LogP) is 3.29. The molecule has 178 valence electrons. The van der Waals surface area contributed by atoms with E-state index in [2.05, 4.69) is 10.0 Å². The highest BCUT2D eigenvalue weighted by Gasteiger charge is 2.20. The molecule has 3 aromatic carbocycles. The number of likely N-dealkylation sites (N-methyl/N-ethyl adjacent to an activating group) is 1. The van der Waals surface area contributed by atoms with Gasteiger partial charge in [0.05, 0.1) is 10.9 Å². The van der Waals surface area contributed by atoms with E-state index >= 15 is 0 Å². The van der Waals surface area contributed by atoms with Crippen LogP contribution in [0.15, 0.2) is 77.7 Å². The highest BCUT2D eigenvalue weighted by atomic mass is 32.2. The number of nitrogens with zero attached hydrogens (tertiary/aromatic N) is 1. The largest absolute Gasteiger partial charge is 0.486 e. The maximum absolute atomic E-state index is 12.8. The van der Waals surface area contributed by atoms with E-state index in [0.29, 0.717) is 42.5 Å². The average molecular weight is 482 g/mol. The van der Waals surface area contributed by atoms with E-state index in [0.717, 1.165) is 5.56 Å². The summed E-state index contributed by atoms with van der Waals surface area (Å²) in [7, 11) is 0.0963. The molecule has 1 unspecified atom stereocenters. The molecule has 1 aliphatic heterocycles. The lowest BCUT2D eigenvalue weighted by molar-refractivity contribution is 0.0942. The summed E-state index contributed by atoms with van der Waals surface area (Å²) in [6.07, 6.45) is 0. The van der Waals surface area contributed by atoms with Crippen LogP contribution in [0.25, 0.3) is 0 Å². The fourth-order valence-electron chi connectivity index (χ4n) is 3.66. The Morgan fingerprint density at radius 2 is 1.62 bits per heavy atom. The first-order chi connectivity index (χ1) is 16.3. The van der Waals surface area contributed by atoms with Gasteiger partial charge in [-0.2, -0.15) is 0 Å². The molecule has 0 saturated carbocycles. The van der Waals surface area contributed by atoms with E-state index in [1.54, 1.807) is 30.3 Å². The quantitative estimate of drug-likeness (QED) is 0.513. The van der Waals surface area contributed by atoms with Crippen LogP contribution in [0.3, 0.4) is 0 Å². The zero-order valence-electron chi connectivity index (χ0n) is 19.0. The second kappa shape index (κ2) is 10.1. The van der Waals surface area contributed by atoms with Crippen LogP contribution in [0.5, 0.6) is 11.5 Å². The van der Waals surface area contributed by atoms with Gasteiger partial charge in [-0.25, -0.2) is 8.42 Å². The molecule has 34 heavy (non-hydrogen) atoms. The van der Waals surface area contributed by atoms with Gasteiger partial charge in [0.15, 0.2) is 11.5 Å². The molecule has 0 aliphatic carbocycles. The Hall–Kier alpha value is -3.56. The summed E-state index contributed by atoms with van der Waals surface area (Å²) in [6.45, 7) is 1.24. The fraction of sp³-hybridized carbons (Fsp3) is 0.240. The van der Waals surface area contributed by atoms with Gasteiger partial charge >= 0.3 is 0 Å². The van der Waals surface area contributed by atoms with Crippen molar-refractivity contribution in [1.82, 2.24) is 10.2 Å². The molecule has 0 bridgehead atoms. The summed E-state index contributed by atoms with van der Waals surface area (Å²) >= 11 is 0. The van der Waals surface area contributed by atoms with Gasteiger partial charge in [-0.05, 0) is 56.1 Å². The van der Waals surface area contributed by atoms with Crippen LogP contribution in [0, 0.1) is 0 Å². The Balaban J connectivity index is 1.40. The summed E-state index contributed by atoms with van der Waals surface area (Å²) in [5, 5.41) is 2.96.